The van der Waals surface area contributed by atoms with Gasteiger partial charge in [-0.15, -0.1) is 11.3 Å². The van der Waals surface area contributed by atoms with Crippen LogP contribution in [0.3, 0.4) is 0 Å². The standard InChI is InChI=1S/C11H13ClN2S/c1-8(13)10-3-2-6-14(10)7-9-4-5-11(12)15-9/h2-6,8H,7,13H2,1H3. The predicted octanol–water partition coefficient (Wildman–Crippen LogP) is 3.27. The smallest absolute Gasteiger partial charge is 0.0931 e. The first-order chi connectivity index (χ1) is 7.16. The highest BCUT2D eigenvalue weighted by atomic mass is 35.5. The number of halogens is 1. The molecule has 0 fully saturated rings. The molecule has 0 aromatic carbocycles. The molecule has 2 rings (SSSR count). The zero-order valence-electron chi connectivity index (χ0n) is 8.48. The summed E-state index contributed by atoms with van der Waals surface area (Å²) >= 11 is 7.50. The summed E-state index contributed by atoms with van der Waals surface area (Å²) in [5.41, 5.74) is 7.03. The van der Waals surface area contributed by atoms with E-state index in [4.69, 9.17) is 17.3 Å². The van der Waals surface area contributed by atoms with E-state index in [-0.39, 0.29) is 6.04 Å². The Labute approximate surface area is 98.3 Å². The third-order valence-electron chi connectivity index (χ3n) is 2.29. The molecule has 0 saturated carbocycles. The Morgan fingerprint density at radius 2 is 2.27 bits per heavy atom. The summed E-state index contributed by atoms with van der Waals surface area (Å²) in [7, 11) is 0. The number of nitrogens with zero attached hydrogens (tertiary/aromatic N) is 1. The molecular formula is C11H13ClN2S. The lowest BCUT2D eigenvalue weighted by Gasteiger charge is -2.10. The van der Waals surface area contributed by atoms with E-state index in [9.17, 15) is 0 Å². The molecule has 2 aromatic rings. The van der Waals surface area contributed by atoms with E-state index in [0.29, 0.717) is 0 Å². The highest BCUT2D eigenvalue weighted by Crippen LogP contribution is 2.23. The minimum atomic E-state index is 0.0652. The van der Waals surface area contributed by atoms with Crippen molar-refractivity contribution in [3.8, 4) is 0 Å². The Balaban J connectivity index is 2.20. The molecule has 15 heavy (non-hydrogen) atoms. The van der Waals surface area contributed by atoms with Crippen LogP contribution in [0.4, 0.5) is 0 Å². The second kappa shape index (κ2) is 4.39. The van der Waals surface area contributed by atoms with Crippen molar-refractivity contribution >= 4 is 22.9 Å². The van der Waals surface area contributed by atoms with Gasteiger partial charge in [0.15, 0.2) is 0 Å². The van der Waals surface area contributed by atoms with Crippen LogP contribution in [0.5, 0.6) is 0 Å². The van der Waals surface area contributed by atoms with Crippen LogP contribution in [0.2, 0.25) is 4.34 Å². The third-order valence-corrected chi connectivity index (χ3v) is 3.50. The number of hydrogen-bond acceptors (Lipinski definition) is 2. The monoisotopic (exact) mass is 240 g/mol. The van der Waals surface area contributed by atoms with Crippen molar-refractivity contribution < 1.29 is 0 Å². The van der Waals surface area contributed by atoms with E-state index in [0.717, 1.165) is 16.6 Å². The molecule has 0 aliphatic carbocycles. The van der Waals surface area contributed by atoms with Gasteiger partial charge in [-0.1, -0.05) is 11.6 Å². The van der Waals surface area contributed by atoms with Crippen LogP contribution in [0.15, 0.2) is 30.5 Å². The van der Waals surface area contributed by atoms with Crippen LogP contribution in [0.25, 0.3) is 0 Å². The molecule has 2 N–H and O–H groups in total. The SMILES string of the molecule is CC(N)c1cccn1Cc1ccc(Cl)s1. The predicted molar refractivity (Wildman–Crippen MR) is 65.5 cm³/mol. The summed E-state index contributed by atoms with van der Waals surface area (Å²) in [6, 6.07) is 8.12. The Morgan fingerprint density at radius 3 is 2.87 bits per heavy atom. The summed E-state index contributed by atoms with van der Waals surface area (Å²) in [5.74, 6) is 0. The quantitative estimate of drug-likeness (QED) is 0.877. The number of aromatic nitrogens is 1. The maximum absolute atomic E-state index is 5.89. The molecule has 4 heteroatoms. The van der Waals surface area contributed by atoms with Crippen LogP contribution >= 0.6 is 22.9 Å². The molecule has 1 unspecified atom stereocenters. The first-order valence-electron chi connectivity index (χ1n) is 4.81. The molecule has 80 valence electrons. The highest BCUT2D eigenvalue weighted by molar-refractivity contribution is 7.16. The fourth-order valence-corrected chi connectivity index (χ4v) is 2.68. The van der Waals surface area contributed by atoms with Crippen molar-refractivity contribution in [1.29, 1.82) is 0 Å². The second-order valence-corrected chi connectivity index (χ2v) is 5.36. The summed E-state index contributed by atoms with van der Waals surface area (Å²) in [5, 5.41) is 0. The highest BCUT2D eigenvalue weighted by Gasteiger charge is 2.06. The normalized spacial score (nSPS) is 13.0. The molecule has 2 aromatic heterocycles. The summed E-state index contributed by atoms with van der Waals surface area (Å²) in [6.45, 7) is 2.84. The Kier molecular flexibility index (Phi) is 3.14. The van der Waals surface area contributed by atoms with Crippen LogP contribution in [-0.2, 0) is 6.54 Å². The van der Waals surface area contributed by atoms with Gasteiger partial charge in [0.25, 0.3) is 0 Å². The minimum absolute atomic E-state index is 0.0652. The fourth-order valence-electron chi connectivity index (χ4n) is 1.59. The van der Waals surface area contributed by atoms with E-state index in [2.05, 4.69) is 16.7 Å². The summed E-state index contributed by atoms with van der Waals surface area (Å²) < 4.78 is 2.99. The van der Waals surface area contributed by atoms with Crippen LogP contribution < -0.4 is 5.73 Å². The van der Waals surface area contributed by atoms with Gasteiger partial charge >= 0.3 is 0 Å². The topological polar surface area (TPSA) is 30.9 Å². The van der Waals surface area contributed by atoms with Crippen LogP contribution in [-0.4, -0.2) is 4.57 Å². The van der Waals surface area contributed by atoms with Crippen molar-refractivity contribution in [3.05, 3.63) is 45.4 Å². The Hall–Kier alpha value is -0.770. The third kappa shape index (κ3) is 2.43. The Morgan fingerprint density at radius 1 is 1.47 bits per heavy atom. The minimum Gasteiger partial charge on any atom is -0.345 e. The van der Waals surface area contributed by atoms with Crippen LogP contribution in [0.1, 0.15) is 23.5 Å². The maximum Gasteiger partial charge on any atom is 0.0931 e. The van der Waals surface area contributed by atoms with Gasteiger partial charge < -0.3 is 10.3 Å². The first kappa shape index (κ1) is 10.7. The average Bonchev–Trinajstić information content (AvgIpc) is 2.75. The van der Waals surface area contributed by atoms with E-state index in [1.54, 1.807) is 11.3 Å². The summed E-state index contributed by atoms with van der Waals surface area (Å²) in [4.78, 5) is 1.25. The van der Waals surface area contributed by atoms with Gasteiger partial charge in [-0.2, -0.15) is 0 Å². The van der Waals surface area contributed by atoms with E-state index in [1.807, 2.05) is 25.3 Å². The number of nitrogens with two attached hydrogens (primary N) is 1. The molecule has 0 amide bonds. The molecule has 0 radical (unpaired) electrons. The fraction of sp³-hybridized carbons (Fsp3) is 0.273. The van der Waals surface area contributed by atoms with E-state index in [1.165, 1.54) is 4.88 Å². The van der Waals surface area contributed by atoms with Crippen LogP contribution in [0, 0.1) is 0 Å². The van der Waals surface area contributed by atoms with Gasteiger partial charge in [0.1, 0.15) is 0 Å². The number of thiophene rings is 1. The largest absolute Gasteiger partial charge is 0.345 e. The van der Waals surface area contributed by atoms with Crippen molar-refractivity contribution in [1.82, 2.24) is 4.57 Å². The zero-order valence-corrected chi connectivity index (χ0v) is 10.1. The van der Waals surface area contributed by atoms with Gasteiger partial charge in [0, 0.05) is 22.8 Å². The first-order valence-corrected chi connectivity index (χ1v) is 6.01. The molecule has 0 aliphatic heterocycles. The molecule has 2 nitrogen and oxygen atoms in total. The van der Waals surface area contributed by atoms with Gasteiger partial charge in [-0.05, 0) is 31.2 Å². The molecule has 1 atom stereocenters. The van der Waals surface area contributed by atoms with Gasteiger partial charge in [0.05, 0.1) is 10.9 Å². The zero-order chi connectivity index (χ0) is 10.8. The molecule has 0 aliphatic rings. The average molecular weight is 241 g/mol. The Bertz CT molecular complexity index is 445. The van der Waals surface area contributed by atoms with E-state index >= 15 is 0 Å². The van der Waals surface area contributed by atoms with Crippen molar-refractivity contribution in [2.75, 3.05) is 0 Å². The molecular weight excluding hydrogens is 228 g/mol. The van der Waals surface area contributed by atoms with Gasteiger partial charge in [-0.3, -0.25) is 0 Å². The van der Waals surface area contributed by atoms with Crippen molar-refractivity contribution in [2.45, 2.75) is 19.5 Å². The second-order valence-electron chi connectivity index (χ2n) is 3.56. The molecule has 0 bridgehead atoms. The van der Waals surface area contributed by atoms with Crippen molar-refractivity contribution in [3.63, 3.8) is 0 Å². The van der Waals surface area contributed by atoms with Gasteiger partial charge in [-0.25, -0.2) is 0 Å². The van der Waals surface area contributed by atoms with Gasteiger partial charge in [0.2, 0.25) is 0 Å². The van der Waals surface area contributed by atoms with Crippen molar-refractivity contribution in [2.24, 2.45) is 5.73 Å². The summed E-state index contributed by atoms with van der Waals surface area (Å²) in [6.07, 6.45) is 2.05. The molecule has 0 spiro atoms. The number of rotatable bonds is 3. The number of hydrogen-bond donors (Lipinski definition) is 1. The van der Waals surface area contributed by atoms with E-state index < -0.39 is 0 Å². The molecule has 0 saturated heterocycles. The lowest BCUT2D eigenvalue weighted by Crippen LogP contribution is -2.11. The maximum atomic E-state index is 5.89. The lowest BCUT2D eigenvalue weighted by atomic mass is 10.2. The molecule has 2 heterocycles. The lowest BCUT2D eigenvalue weighted by molar-refractivity contribution is 0.680.